The van der Waals surface area contributed by atoms with Crippen LogP contribution in [0.3, 0.4) is 0 Å². The maximum atomic E-state index is 13.2. The molecule has 138 valence electrons. The van der Waals surface area contributed by atoms with E-state index in [1.807, 2.05) is 0 Å². The minimum atomic E-state index is -3.73. The number of rotatable bonds is 4. The third kappa shape index (κ3) is 3.92. The van der Waals surface area contributed by atoms with Crippen molar-refractivity contribution in [2.75, 3.05) is 25.1 Å². The van der Waals surface area contributed by atoms with E-state index < -0.39 is 21.7 Å². The molecule has 0 aliphatic carbocycles. The number of carbonyl (C=O) groups excluding carboxylic acids is 1. The summed E-state index contributed by atoms with van der Waals surface area (Å²) in [6.07, 6.45) is 0. The van der Waals surface area contributed by atoms with Gasteiger partial charge >= 0.3 is 0 Å². The number of halogens is 1. The molecule has 1 saturated heterocycles. The van der Waals surface area contributed by atoms with E-state index in [1.165, 1.54) is 46.8 Å². The molecule has 3 rings (SSSR count). The van der Waals surface area contributed by atoms with Crippen molar-refractivity contribution in [2.45, 2.75) is 17.9 Å². The first-order valence-corrected chi connectivity index (χ1v) is 9.58. The lowest BCUT2D eigenvalue weighted by molar-refractivity contribution is 0.0393. The zero-order chi connectivity index (χ0) is 18.7. The van der Waals surface area contributed by atoms with Crippen LogP contribution in [0.1, 0.15) is 17.3 Å². The van der Waals surface area contributed by atoms with Crippen LogP contribution in [0, 0.1) is 5.82 Å². The van der Waals surface area contributed by atoms with Crippen LogP contribution in [0.25, 0.3) is 0 Å². The highest BCUT2D eigenvalue weighted by Gasteiger charge is 2.31. The van der Waals surface area contributed by atoms with E-state index in [0.29, 0.717) is 18.9 Å². The molecule has 26 heavy (non-hydrogen) atoms. The van der Waals surface area contributed by atoms with Gasteiger partial charge < -0.3 is 10.1 Å². The van der Waals surface area contributed by atoms with Gasteiger partial charge in [-0.3, -0.25) is 4.79 Å². The number of benzene rings is 2. The summed E-state index contributed by atoms with van der Waals surface area (Å²) in [6.45, 7) is 2.71. The Morgan fingerprint density at radius 1 is 1.23 bits per heavy atom. The fourth-order valence-corrected chi connectivity index (χ4v) is 4.42. The molecule has 1 fully saturated rings. The van der Waals surface area contributed by atoms with Crippen LogP contribution in [0.5, 0.6) is 0 Å². The van der Waals surface area contributed by atoms with Gasteiger partial charge in [0.1, 0.15) is 5.82 Å². The van der Waals surface area contributed by atoms with Gasteiger partial charge in [-0.05, 0) is 43.3 Å². The van der Waals surface area contributed by atoms with Crippen molar-refractivity contribution in [3.8, 4) is 0 Å². The zero-order valence-corrected chi connectivity index (χ0v) is 15.0. The standard InChI is InChI=1S/C18H19FN2O4S/c1-13-12-25-9-8-21(13)26(23,24)17-7-2-4-14(10-17)18(22)20-16-6-3-5-15(19)11-16/h2-7,10-11,13H,8-9,12H2,1H3,(H,20,22). The molecule has 2 aromatic rings. The van der Waals surface area contributed by atoms with Crippen LogP contribution in [-0.2, 0) is 14.8 Å². The van der Waals surface area contributed by atoms with Crippen molar-refractivity contribution >= 4 is 21.6 Å². The lowest BCUT2D eigenvalue weighted by Crippen LogP contribution is -2.46. The van der Waals surface area contributed by atoms with Crippen LogP contribution in [0.2, 0.25) is 0 Å². The summed E-state index contributed by atoms with van der Waals surface area (Å²) in [4.78, 5) is 12.4. The number of nitrogens with one attached hydrogen (secondary N) is 1. The number of anilines is 1. The number of carbonyl (C=O) groups is 1. The number of nitrogens with zero attached hydrogens (tertiary/aromatic N) is 1. The highest BCUT2D eigenvalue weighted by Crippen LogP contribution is 2.22. The third-order valence-electron chi connectivity index (χ3n) is 4.09. The van der Waals surface area contributed by atoms with Gasteiger partial charge in [-0.25, -0.2) is 12.8 Å². The van der Waals surface area contributed by atoms with Gasteiger partial charge in [-0.15, -0.1) is 0 Å². The molecule has 1 heterocycles. The molecule has 1 unspecified atom stereocenters. The van der Waals surface area contributed by atoms with Crippen LogP contribution in [0.4, 0.5) is 10.1 Å². The smallest absolute Gasteiger partial charge is 0.255 e. The average Bonchev–Trinajstić information content (AvgIpc) is 2.62. The van der Waals surface area contributed by atoms with Gasteiger partial charge in [-0.1, -0.05) is 12.1 Å². The van der Waals surface area contributed by atoms with E-state index in [4.69, 9.17) is 4.74 Å². The molecule has 1 atom stereocenters. The number of amides is 1. The Balaban J connectivity index is 1.84. The highest BCUT2D eigenvalue weighted by atomic mass is 32.2. The summed E-state index contributed by atoms with van der Waals surface area (Å²) in [5.41, 5.74) is 0.473. The van der Waals surface area contributed by atoms with Gasteiger partial charge in [0.2, 0.25) is 10.0 Å². The molecule has 2 aromatic carbocycles. The molecule has 1 aliphatic heterocycles. The predicted molar refractivity (Wildman–Crippen MR) is 95.0 cm³/mol. The molecular weight excluding hydrogens is 359 g/mol. The second kappa shape index (κ2) is 7.53. The summed E-state index contributed by atoms with van der Waals surface area (Å²) < 4.78 is 45.6. The third-order valence-corrected chi connectivity index (χ3v) is 6.10. The quantitative estimate of drug-likeness (QED) is 0.887. The van der Waals surface area contributed by atoms with E-state index >= 15 is 0 Å². The van der Waals surface area contributed by atoms with Crippen LogP contribution < -0.4 is 5.32 Å². The topological polar surface area (TPSA) is 75.7 Å². The molecule has 8 heteroatoms. The van der Waals surface area contributed by atoms with E-state index in [1.54, 1.807) is 13.0 Å². The normalized spacial score (nSPS) is 18.5. The Morgan fingerprint density at radius 2 is 2.00 bits per heavy atom. The van der Waals surface area contributed by atoms with Gasteiger partial charge in [0.15, 0.2) is 0 Å². The summed E-state index contributed by atoms with van der Waals surface area (Å²) in [5, 5.41) is 2.56. The number of hydrogen-bond acceptors (Lipinski definition) is 4. The van der Waals surface area contributed by atoms with Crippen LogP contribution in [0.15, 0.2) is 53.4 Å². The van der Waals surface area contributed by atoms with Crippen molar-refractivity contribution in [3.05, 3.63) is 59.9 Å². The van der Waals surface area contributed by atoms with Crippen molar-refractivity contribution in [1.82, 2.24) is 4.31 Å². The first kappa shape index (κ1) is 18.5. The van der Waals surface area contributed by atoms with E-state index in [-0.39, 0.29) is 23.0 Å². The minimum absolute atomic E-state index is 0.0399. The lowest BCUT2D eigenvalue weighted by atomic mass is 10.2. The van der Waals surface area contributed by atoms with Gasteiger partial charge in [0, 0.05) is 23.8 Å². The molecule has 0 spiro atoms. The maximum absolute atomic E-state index is 13.2. The first-order chi connectivity index (χ1) is 12.4. The average molecular weight is 378 g/mol. The Kier molecular flexibility index (Phi) is 5.36. The van der Waals surface area contributed by atoms with Crippen LogP contribution in [-0.4, -0.2) is 44.4 Å². The second-order valence-electron chi connectivity index (χ2n) is 6.03. The zero-order valence-electron chi connectivity index (χ0n) is 14.2. The monoisotopic (exact) mass is 378 g/mol. The lowest BCUT2D eigenvalue weighted by Gasteiger charge is -2.32. The molecule has 0 bridgehead atoms. The van der Waals surface area contributed by atoms with E-state index in [9.17, 15) is 17.6 Å². The van der Waals surface area contributed by atoms with Crippen molar-refractivity contribution in [1.29, 1.82) is 0 Å². The van der Waals surface area contributed by atoms with Crippen molar-refractivity contribution in [2.24, 2.45) is 0 Å². The SMILES string of the molecule is CC1COCCN1S(=O)(=O)c1cccc(C(=O)Nc2cccc(F)c2)c1. The molecular formula is C18H19FN2O4S. The van der Waals surface area contributed by atoms with Gasteiger partial charge in [0.05, 0.1) is 18.1 Å². The Morgan fingerprint density at radius 3 is 2.73 bits per heavy atom. The van der Waals surface area contributed by atoms with E-state index in [2.05, 4.69) is 5.32 Å². The predicted octanol–water partition coefficient (Wildman–Crippen LogP) is 2.49. The molecule has 0 radical (unpaired) electrons. The minimum Gasteiger partial charge on any atom is -0.378 e. The Bertz CT molecular complexity index is 917. The summed E-state index contributed by atoms with van der Waals surface area (Å²) in [6, 6.07) is 11.0. The van der Waals surface area contributed by atoms with Crippen molar-refractivity contribution in [3.63, 3.8) is 0 Å². The molecule has 1 N–H and O–H groups in total. The van der Waals surface area contributed by atoms with Gasteiger partial charge in [0.25, 0.3) is 5.91 Å². The second-order valence-corrected chi connectivity index (χ2v) is 7.92. The number of morpholine rings is 1. The Hall–Kier alpha value is -2.29. The Labute approximate surface area is 151 Å². The molecule has 1 amide bonds. The maximum Gasteiger partial charge on any atom is 0.255 e. The highest BCUT2D eigenvalue weighted by molar-refractivity contribution is 7.89. The van der Waals surface area contributed by atoms with Crippen LogP contribution >= 0.6 is 0 Å². The summed E-state index contributed by atoms with van der Waals surface area (Å²) in [7, 11) is -3.73. The fourth-order valence-electron chi connectivity index (χ4n) is 2.77. The van der Waals surface area contributed by atoms with Gasteiger partial charge in [-0.2, -0.15) is 4.31 Å². The first-order valence-electron chi connectivity index (χ1n) is 8.14. The molecule has 0 aromatic heterocycles. The van der Waals surface area contributed by atoms with Crippen molar-refractivity contribution < 1.29 is 22.3 Å². The molecule has 0 saturated carbocycles. The molecule has 6 nitrogen and oxygen atoms in total. The van der Waals surface area contributed by atoms with E-state index in [0.717, 1.165) is 0 Å². The fraction of sp³-hybridized carbons (Fsp3) is 0.278. The summed E-state index contributed by atoms with van der Waals surface area (Å²) >= 11 is 0. The number of ether oxygens (including phenoxy) is 1. The molecule has 1 aliphatic rings. The largest absolute Gasteiger partial charge is 0.378 e. The summed E-state index contributed by atoms with van der Waals surface area (Å²) in [5.74, 6) is -0.983. The number of sulfonamides is 1. The number of hydrogen-bond donors (Lipinski definition) is 1.